The molecule has 0 amide bonds. The Morgan fingerprint density at radius 1 is 0.568 bits per heavy atom. The van der Waals surface area contributed by atoms with E-state index in [0.29, 0.717) is 18.1 Å². The molecule has 5 rings (SSSR count). The van der Waals surface area contributed by atoms with E-state index in [1.165, 1.54) is 22.0 Å². The van der Waals surface area contributed by atoms with Crippen LogP contribution in [0, 0.1) is 11.6 Å². The van der Waals surface area contributed by atoms with Gasteiger partial charge in [0.1, 0.15) is 35.6 Å². The minimum Gasteiger partial charge on any atom is -0.486 e. The molecule has 0 radical (unpaired) electrons. The third-order valence-electron chi connectivity index (χ3n) is 6.62. The van der Waals surface area contributed by atoms with Crippen molar-refractivity contribution in [3.63, 3.8) is 0 Å². The fourth-order valence-corrected chi connectivity index (χ4v) is 9.15. The van der Waals surface area contributed by atoms with E-state index >= 15 is 4.39 Å². The molecule has 0 N–H and O–H groups in total. The first kappa shape index (κ1) is 24.9. The Labute approximate surface area is 217 Å². The van der Waals surface area contributed by atoms with Gasteiger partial charge in [-0.15, -0.1) is 0 Å². The van der Waals surface area contributed by atoms with Crippen LogP contribution < -0.4 is 20.7 Å². The zero-order valence-corrected chi connectivity index (χ0v) is 21.3. The fourth-order valence-electron chi connectivity index (χ4n) is 4.86. The van der Waals surface area contributed by atoms with E-state index in [2.05, 4.69) is 72.8 Å². The zero-order chi connectivity index (χ0) is 25.5. The summed E-state index contributed by atoms with van der Waals surface area (Å²) >= 11 is 0. The summed E-state index contributed by atoms with van der Waals surface area (Å²) in [5.41, 5.74) is 1.47. The van der Waals surface area contributed by atoms with Crippen LogP contribution in [-0.2, 0) is 13.0 Å². The Bertz CT molecular complexity index is 1330. The van der Waals surface area contributed by atoms with Gasteiger partial charge in [0, 0.05) is 18.1 Å². The average molecular weight is 510 g/mol. The van der Waals surface area contributed by atoms with Gasteiger partial charge in [-0.25, -0.2) is 8.78 Å². The van der Waals surface area contributed by atoms with Gasteiger partial charge in [-0.1, -0.05) is 84.9 Å². The van der Waals surface area contributed by atoms with Crippen molar-refractivity contribution in [3.8, 4) is 5.75 Å². The van der Waals surface area contributed by atoms with Gasteiger partial charge in [0.2, 0.25) is 0 Å². The highest BCUT2D eigenvalue weighted by Gasteiger charge is 2.45. The average Bonchev–Trinajstić information content (AvgIpc) is 2.95. The third-order valence-corrected chi connectivity index (χ3v) is 11.1. The van der Waals surface area contributed by atoms with Crippen LogP contribution in [0.2, 0.25) is 0 Å². The summed E-state index contributed by atoms with van der Waals surface area (Å²) < 4.78 is 35.5. The summed E-state index contributed by atoms with van der Waals surface area (Å²) in [7, 11) is -2.15. The quantitative estimate of drug-likeness (QED) is 0.193. The monoisotopic (exact) mass is 509 g/mol. The van der Waals surface area contributed by atoms with Crippen molar-refractivity contribution < 1.29 is 13.5 Å². The SMILES string of the molecule is Fc1cc(F)c(OCc2ccccc2)c(CC[P+](c2ccccc2)(c2ccccc2)c2ccccc2)c1. The van der Waals surface area contributed by atoms with Crippen molar-refractivity contribution in [2.75, 3.05) is 6.16 Å². The minimum absolute atomic E-state index is 0.123. The summed E-state index contributed by atoms with van der Waals surface area (Å²) in [5.74, 6) is -1.14. The number of hydrogen-bond acceptors (Lipinski definition) is 1. The van der Waals surface area contributed by atoms with E-state index in [0.717, 1.165) is 11.6 Å². The molecular weight excluding hydrogens is 481 g/mol. The van der Waals surface area contributed by atoms with Crippen LogP contribution in [0.3, 0.4) is 0 Å². The maximum atomic E-state index is 15.0. The second-order valence-corrected chi connectivity index (χ2v) is 12.6. The largest absolute Gasteiger partial charge is 0.486 e. The van der Waals surface area contributed by atoms with Crippen LogP contribution >= 0.6 is 7.26 Å². The lowest BCUT2D eigenvalue weighted by Gasteiger charge is -2.28. The highest BCUT2D eigenvalue weighted by molar-refractivity contribution is 7.95. The highest BCUT2D eigenvalue weighted by Crippen LogP contribution is 2.55. The molecule has 0 aliphatic carbocycles. The van der Waals surface area contributed by atoms with Gasteiger partial charge >= 0.3 is 0 Å². The van der Waals surface area contributed by atoms with E-state index in [4.69, 9.17) is 4.74 Å². The van der Waals surface area contributed by atoms with Gasteiger partial charge in [-0.05, 0) is 48.0 Å². The molecule has 5 aromatic carbocycles. The molecule has 184 valence electrons. The number of rotatable bonds is 9. The van der Waals surface area contributed by atoms with Gasteiger partial charge < -0.3 is 4.74 Å². The van der Waals surface area contributed by atoms with E-state index in [1.54, 1.807) is 0 Å². The van der Waals surface area contributed by atoms with Crippen LogP contribution in [0.15, 0.2) is 133 Å². The van der Waals surface area contributed by atoms with Gasteiger partial charge in [0.15, 0.2) is 11.6 Å². The highest BCUT2D eigenvalue weighted by atomic mass is 31.2. The maximum absolute atomic E-state index is 15.0. The zero-order valence-electron chi connectivity index (χ0n) is 20.4. The summed E-state index contributed by atoms with van der Waals surface area (Å²) in [6.07, 6.45) is 1.17. The predicted molar refractivity (Wildman–Crippen MR) is 151 cm³/mol. The first-order valence-corrected chi connectivity index (χ1v) is 14.3. The normalized spacial score (nSPS) is 11.3. The molecule has 0 aliphatic rings. The topological polar surface area (TPSA) is 9.23 Å². The Hall–Kier alpha value is -3.81. The van der Waals surface area contributed by atoms with Crippen LogP contribution in [0.4, 0.5) is 8.78 Å². The molecule has 5 aromatic rings. The number of hydrogen-bond donors (Lipinski definition) is 0. The van der Waals surface area contributed by atoms with E-state index in [1.807, 2.05) is 48.5 Å². The maximum Gasteiger partial charge on any atom is 0.168 e. The third kappa shape index (κ3) is 5.48. The van der Waals surface area contributed by atoms with E-state index < -0.39 is 18.9 Å². The summed E-state index contributed by atoms with van der Waals surface area (Å²) in [5, 5.41) is 3.70. The lowest BCUT2D eigenvalue weighted by molar-refractivity contribution is 0.286. The number of aryl methyl sites for hydroxylation is 1. The van der Waals surface area contributed by atoms with Gasteiger partial charge in [-0.3, -0.25) is 0 Å². The van der Waals surface area contributed by atoms with Crippen molar-refractivity contribution in [2.24, 2.45) is 0 Å². The van der Waals surface area contributed by atoms with Crippen molar-refractivity contribution in [1.82, 2.24) is 0 Å². The lowest BCUT2D eigenvalue weighted by atomic mass is 10.1. The Balaban J connectivity index is 1.58. The molecule has 0 saturated heterocycles. The lowest BCUT2D eigenvalue weighted by Crippen LogP contribution is -2.34. The van der Waals surface area contributed by atoms with Gasteiger partial charge in [0.05, 0.1) is 6.16 Å². The second-order valence-electron chi connectivity index (χ2n) is 8.94. The van der Waals surface area contributed by atoms with Gasteiger partial charge in [0.25, 0.3) is 0 Å². The molecule has 0 aliphatic heterocycles. The molecule has 0 bridgehead atoms. The summed E-state index contributed by atoms with van der Waals surface area (Å²) in [6, 6.07) is 43.4. The van der Waals surface area contributed by atoms with Crippen molar-refractivity contribution >= 4 is 23.2 Å². The van der Waals surface area contributed by atoms with Crippen molar-refractivity contribution in [3.05, 3.63) is 156 Å². The van der Waals surface area contributed by atoms with Crippen molar-refractivity contribution in [1.29, 1.82) is 0 Å². The standard InChI is InChI=1S/C33H28F2OP/c34-28-23-27(33(32(35)24-28)36-25-26-13-5-1-6-14-26)21-22-37(29-15-7-2-8-16-29,30-17-9-3-10-18-30)31-19-11-4-12-20-31/h1-20,23-24H,21-22,25H2/q+1. The van der Waals surface area contributed by atoms with Crippen LogP contribution in [0.5, 0.6) is 5.75 Å². The van der Waals surface area contributed by atoms with E-state index in [-0.39, 0.29) is 12.4 Å². The second kappa shape index (κ2) is 11.5. The minimum atomic E-state index is -2.15. The van der Waals surface area contributed by atoms with Gasteiger partial charge in [-0.2, -0.15) is 0 Å². The molecule has 1 nitrogen and oxygen atoms in total. The van der Waals surface area contributed by atoms with Crippen molar-refractivity contribution in [2.45, 2.75) is 13.0 Å². The van der Waals surface area contributed by atoms with E-state index in [9.17, 15) is 4.39 Å². The fraction of sp³-hybridized carbons (Fsp3) is 0.0909. The summed E-state index contributed by atoms with van der Waals surface area (Å²) in [6.45, 7) is 0.215. The predicted octanol–water partition coefficient (Wildman–Crippen LogP) is 7.08. The first-order chi connectivity index (χ1) is 18.2. The molecule has 0 heterocycles. The first-order valence-electron chi connectivity index (χ1n) is 12.4. The smallest absolute Gasteiger partial charge is 0.168 e. The molecule has 0 spiro atoms. The van der Waals surface area contributed by atoms with Crippen LogP contribution in [-0.4, -0.2) is 6.16 Å². The molecular formula is C33H28F2OP+. The Kier molecular flexibility index (Phi) is 7.73. The molecule has 0 unspecified atom stereocenters. The number of benzene rings is 5. The Morgan fingerprint density at radius 3 is 1.51 bits per heavy atom. The Morgan fingerprint density at radius 2 is 1.03 bits per heavy atom. The molecule has 0 fully saturated rings. The molecule has 0 saturated carbocycles. The summed E-state index contributed by atoms with van der Waals surface area (Å²) in [4.78, 5) is 0. The molecule has 37 heavy (non-hydrogen) atoms. The number of ether oxygens (including phenoxy) is 1. The number of halogens is 2. The molecule has 0 aromatic heterocycles. The van der Waals surface area contributed by atoms with Crippen LogP contribution in [0.1, 0.15) is 11.1 Å². The molecule has 4 heteroatoms. The van der Waals surface area contributed by atoms with Crippen LogP contribution in [0.25, 0.3) is 0 Å². The molecule has 0 atom stereocenters.